The molecule has 0 saturated heterocycles. The molecule has 2 atom stereocenters. The van der Waals surface area contributed by atoms with E-state index < -0.39 is 17.9 Å². The number of ketones is 1. The fraction of sp³-hybridized carbons (Fsp3) is 0.182. The van der Waals surface area contributed by atoms with E-state index in [2.05, 4.69) is 5.32 Å². The van der Waals surface area contributed by atoms with Gasteiger partial charge >= 0.3 is 5.97 Å². The highest BCUT2D eigenvalue weighted by Crippen LogP contribution is 2.36. The fourth-order valence-electron chi connectivity index (χ4n) is 5.44. The van der Waals surface area contributed by atoms with E-state index in [0.29, 0.717) is 17.8 Å². The molecular formula is C33H29ClN2O5. The standard InChI is InChI=1S/C33H29ClN2O5/c34-30-16-23(35-33(41)27-13-7-6-11-25(27)21-8-2-1-3-9-21)14-15-28(30)32(40)29-17-24(20-37)36(19-31(38)39)18-22-10-4-5-12-26(22)29/h1-16,24,29,37H,17-20H2,(H,35,41)(H,38,39)/t24-,29?/m0/s1. The molecule has 5 rings (SSSR count). The molecule has 1 unspecified atom stereocenters. The van der Waals surface area contributed by atoms with Crippen LogP contribution >= 0.6 is 11.6 Å². The second-order valence-electron chi connectivity index (χ2n) is 10.0. The molecule has 0 radical (unpaired) electrons. The van der Waals surface area contributed by atoms with Gasteiger partial charge in [0, 0.05) is 35.3 Å². The second kappa shape index (κ2) is 12.5. The minimum atomic E-state index is -1.00. The van der Waals surface area contributed by atoms with Gasteiger partial charge in [-0.1, -0.05) is 84.4 Å². The second-order valence-corrected chi connectivity index (χ2v) is 10.5. The number of amides is 1. The minimum absolute atomic E-state index is 0.189. The van der Waals surface area contributed by atoms with Crippen LogP contribution in [0.1, 0.15) is 44.2 Å². The lowest BCUT2D eigenvalue weighted by atomic mass is 9.84. The minimum Gasteiger partial charge on any atom is -0.480 e. The number of nitrogens with zero attached hydrogens (tertiary/aromatic N) is 1. The van der Waals surface area contributed by atoms with Crippen molar-refractivity contribution in [2.24, 2.45) is 0 Å². The van der Waals surface area contributed by atoms with Crippen molar-refractivity contribution in [3.8, 4) is 11.1 Å². The van der Waals surface area contributed by atoms with Gasteiger partial charge in [-0.25, -0.2) is 0 Å². The molecular weight excluding hydrogens is 540 g/mol. The highest BCUT2D eigenvalue weighted by molar-refractivity contribution is 6.34. The topological polar surface area (TPSA) is 107 Å². The number of nitrogens with one attached hydrogen (secondary N) is 1. The summed E-state index contributed by atoms with van der Waals surface area (Å²) in [6.45, 7) is -0.224. The lowest BCUT2D eigenvalue weighted by Gasteiger charge is -2.27. The van der Waals surface area contributed by atoms with Crippen molar-refractivity contribution in [1.29, 1.82) is 0 Å². The number of aliphatic carboxylic acids is 1. The number of carboxylic acids is 1. The molecule has 0 aliphatic carbocycles. The number of benzene rings is 4. The molecule has 41 heavy (non-hydrogen) atoms. The number of hydrogen-bond acceptors (Lipinski definition) is 5. The summed E-state index contributed by atoms with van der Waals surface area (Å²) in [5.74, 6) is -2.16. The van der Waals surface area contributed by atoms with Crippen LogP contribution < -0.4 is 5.32 Å². The normalized spacial score (nSPS) is 16.8. The molecule has 7 nitrogen and oxygen atoms in total. The van der Waals surface area contributed by atoms with E-state index in [4.69, 9.17) is 11.6 Å². The SMILES string of the molecule is O=C(O)CN1Cc2ccccc2C(C(=O)c2ccc(NC(=O)c3ccccc3-c3ccccc3)cc2Cl)C[C@H]1CO. The van der Waals surface area contributed by atoms with Crippen molar-refractivity contribution < 1.29 is 24.6 Å². The van der Waals surface area contributed by atoms with Crippen LogP contribution in [0.2, 0.25) is 5.02 Å². The molecule has 0 bridgehead atoms. The maximum atomic E-state index is 13.9. The van der Waals surface area contributed by atoms with Gasteiger partial charge in [-0.15, -0.1) is 0 Å². The van der Waals surface area contributed by atoms with E-state index in [1.807, 2.05) is 66.7 Å². The first kappa shape index (κ1) is 28.2. The zero-order chi connectivity index (χ0) is 28.9. The summed E-state index contributed by atoms with van der Waals surface area (Å²) in [7, 11) is 0. The third kappa shape index (κ3) is 6.23. The predicted octanol–water partition coefficient (Wildman–Crippen LogP) is 5.88. The molecule has 1 amide bonds. The van der Waals surface area contributed by atoms with Gasteiger partial charge in [0.15, 0.2) is 5.78 Å². The van der Waals surface area contributed by atoms with Crippen LogP contribution in [-0.4, -0.2) is 52.0 Å². The van der Waals surface area contributed by atoms with E-state index in [9.17, 15) is 24.6 Å². The van der Waals surface area contributed by atoms with Crippen LogP contribution in [0.25, 0.3) is 11.1 Å². The smallest absolute Gasteiger partial charge is 0.317 e. The largest absolute Gasteiger partial charge is 0.480 e. The molecule has 4 aromatic carbocycles. The average molecular weight is 569 g/mol. The van der Waals surface area contributed by atoms with E-state index >= 15 is 0 Å². The number of carboxylic acid groups (broad SMARTS) is 1. The Balaban J connectivity index is 1.40. The maximum absolute atomic E-state index is 13.9. The van der Waals surface area contributed by atoms with Crippen molar-refractivity contribution in [2.45, 2.75) is 24.9 Å². The van der Waals surface area contributed by atoms with Gasteiger partial charge < -0.3 is 15.5 Å². The van der Waals surface area contributed by atoms with E-state index in [1.165, 1.54) is 0 Å². The van der Waals surface area contributed by atoms with Gasteiger partial charge in [0.05, 0.1) is 18.2 Å². The van der Waals surface area contributed by atoms with E-state index in [1.54, 1.807) is 35.2 Å². The number of Topliss-reactive ketones (excluding diaryl/α,β-unsaturated/α-hetero) is 1. The number of hydrogen-bond donors (Lipinski definition) is 3. The third-order valence-electron chi connectivity index (χ3n) is 7.44. The van der Waals surface area contributed by atoms with Gasteiger partial charge in [-0.2, -0.15) is 0 Å². The number of fused-ring (bicyclic) bond motifs is 1. The zero-order valence-corrected chi connectivity index (χ0v) is 22.9. The fourth-order valence-corrected chi connectivity index (χ4v) is 5.71. The monoisotopic (exact) mass is 568 g/mol. The molecule has 1 heterocycles. The zero-order valence-electron chi connectivity index (χ0n) is 22.2. The van der Waals surface area contributed by atoms with Crippen LogP contribution in [0.3, 0.4) is 0 Å². The summed E-state index contributed by atoms with van der Waals surface area (Å²) >= 11 is 6.63. The lowest BCUT2D eigenvalue weighted by molar-refractivity contribution is -0.139. The summed E-state index contributed by atoms with van der Waals surface area (Å²) in [4.78, 5) is 40.3. The molecule has 208 valence electrons. The van der Waals surface area contributed by atoms with Gasteiger partial charge in [-0.05, 0) is 52.9 Å². The number of aliphatic hydroxyl groups is 1. The Labute approximate surface area is 243 Å². The van der Waals surface area contributed by atoms with Crippen LogP contribution in [-0.2, 0) is 11.3 Å². The molecule has 0 spiro atoms. The highest BCUT2D eigenvalue weighted by atomic mass is 35.5. The molecule has 0 fully saturated rings. The Bertz CT molecular complexity index is 1590. The highest BCUT2D eigenvalue weighted by Gasteiger charge is 2.35. The van der Waals surface area contributed by atoms with Gasteiger partial charge in [-0.3, -0.25) is 19.3 Å². The number of carbonyl (C=O) groups excluding carboxylic acids is 2. The Kier molecular flexibility index (Phi) is 8.59. The van der Waals surface area contributed by atoms with Crippen molar-refractivity contribution in [3.63, 3.8) is 0 Å². The predicted molar refractivity (Wildman–Crippen MR) is 158 cm³/mol. The first-order chi connectivity index (χ1) is 19.9. The van der Waals surface area contributed by atoms with Crippen LogP contribution in [0.4, 0.5) is 5.69 Å². The van der Waals surface area contributed by atoms with Crippen molar-refractivity contribution >= 4 is 34.9 Å². The van der Waals surface area contributed by atoms with Crippen LogP contribution in [0.5, 0.6) is 0 Å². The maximum Gasteiger partial charge on any atom is 0.317 e. The Hall–Kier alpha value is -4.30. The summed E-state index contributed by atoms with van der Waals surface area (Å²) in [5.41, 5.74) is 4.58. The third-order valence-corrected chi connectivity index (χ3v) is 7.76. The quantitative estimate of drug-likeness (QED) is 0.229. The Morgan fingerprint density at radius 3 is 2.32 bits per heavy atom. The molecule has 4 aromatic rings. The number of aliphatic hydroxyl groups excluding tert-OH is 1. The number of halogens is 1. The summed E-state index contributed by atoms with van der Waals surface area (Å²) in [6, 6.07) is 28.7. The van der Waals surface area contributed by atoms with Gasteiger partial charge in [0.2, 0.25) is 0 Å². The Morgan fingerprint density at radius 2 is 1.59 bits per heavy atom. The molecule has 1 aliphatic rings. The molecule has 3 N–H and O–H groups in total. The molecule has 0 aromatic heterocycles. The number of anilines is 1. The van der Waals surface area contributed by atoms with Crippen molar-refractivity contribution in [1.82, 2.24) is 4.90 Å². The first-order valence-corrected chi connectivity index (χ1v) is 13.7. The molecule has 0 saturated carbocycles. The lowest BCUT2D eigenvalue weighted by Crippen LogP contribution is -2.40. The van der Waals surface area contributed by atoms with Crippen LogP contribution in [0.15, 0.2) is 97.1 Å². The summed E-state index contributed by atoms with van der Waals surface area (Å²) in [5, 5.41) is 22.6. The van der Waals surface area contributed by atoms with Crippen molar-refractivity contribution in [3.05, 3.63) is 124 Å². The first-order valence-electron chi connectivity index (χ1n) is 13.3. The number of carbonyl (C=O) groups is 3. The molecule has 8 heteroatoms. The van der Waals surface area contributed by atoms with Crippen LogP contribution in [0, 0.1) is 0 Å². The summed E-state index contributed by atoms with van der Waals surface area (Å²) in [6.07, 6.45) is 0.241. The average Bonchev–Trinajstić information content (AvgIpc) is 3.13. The van der Waals surface area contributed by atoms with Crippen molar-refractivity contribution in [2.75, 3.05) is 18.5 Å². The number of rotatable bonds is 8. The van der Waals surface area contributed by atoms with E-state index in [-0.39, 0.29) is 41.8 Å². The van der Waals surface area contributed by atoms with Gasteiger partial charge in [0.25, 0.3) is 5.91 Å². The molecule has 1 aliphatic heterocycles. The summed E-state index contributed by atoms with van der Waals surface area (Å²) < 4.78 is 0. The van der Waals surface area contributed by atoms with Gasteiger partial charge in [0.1, 0.15) is 0 Å². The Morgan fingerprint density at radius 1 is 0.878 bits per heavy atom. The van der Waals surface area contributed by atoms with E-state index in [0.717, 1.165) is 22.3 Å².